The molecule has 0 aliphatic rings. The van der Waals surface area contributed by atoms with Crippen molar-refractivity contribution in [3.63, 3.8) is 0 Å². The Morgan fingerprint density at radius 2 is 1.69 bits per heavy atom. The van der Waals surface area contributed by atoms with Crippen LogP contribution in [0.3, 0.4) is 0 Å². The maximum atomic E-state index is 12.9. The monoisotopic (exact) mass is 535 g/mol. The van der Waals surface area contributed by atoms with Gasteiger partial charge in [-0.2, -0.15) is 0 Å². The van der Waals surface area contributed by atoms with Crippen LogP contribution < -0.4 is 20.1 Å². The number of rotatable bonds is 9. The van der Waals surface area contributed by atoms with E-state index in [2.05, 4.69) is 15.4 Å². The first-order valence-electron chi connectivity index (χ1n) is 10.4. The predicted octanol–water partition coefficient (Wildman–Crippen LogP) is 5.01. The van der Waals surface area contributed by atoms with E-state index >= 15 is 0 Å². The molecule has 11 heteroatoms. The molecule has 8 nitrogen and oxygen atoms in total. The van der Waals surface area contributed by atoms with Crippen LogP contribution in [0.5, 0.6) is 5.75 Å². The highest BCUT2D eigenvalue weighted by Gasteiger charge is 2.20. The zero-order chi connectivity index (χ0) is 25.6. The van der Waals surface area contributed by atoms with Crippen molar-refractivity contribution in [3.05, 3.63) is 82.3 Å². The first-order chi connectivity index (χ1) is 16.6. The molecule has 0 fully saturated rings. The maximum Gasteiger partial charge on any atom is 0.262 e. The average molecular weight is 536 g/mol. The van der Waals surface area contributed by atoms with Gasteiger partial charge < -0.3 is 15.4 Å². The number of carbonyl (C=O) groups excluding carboxylic acids is 2. The highest BCUT2D eigenvalue weighted by Crippen LogP contribution is 2.32. The molecule has 184 valence electrons. The minimum absolute atomic E-state index is 0.0278. The van der Waals surface area contributed by atoms with Crippen LogP contribution in [0.2, 0.25) is 10.0 Å². The van der Waals surface area contributed by atoms with E-state index in [1.807, 2.05) is 30.3 Å². The highest BCUT2D eigenvalue weighted by molar-refractivity contribution is 7.92. The molecule has 35 heavy (non-hydrogen) atoms. The molecule has 0 saturated heterocycles. The van der Waals surface area contributed by atoms with Crippen LogP contribution in [-0.2, 0) is 19.6 Å². The lowest BCUT2D eigenvalue weighted by Gasteiger charge is -2.18. The quantitative estimate of drug-likeness (QED) is 0.356. The summed E-state index contributed by atoms with van der Waals surface area (Å²) in [5.74, 6) is -0.404. The van der Waals surface area contributed by atoms with E-state index < -0.39 is 16.1 Å². The molecular formula is C24H23Cl2N3O5S. The van der Waals surface area contributed by atoms with Gasteiger partial charge in [0.05, 0.1) is 40.2 Å². The number of anilines is 2. The summed E-state index contributed by atoms with van der Waals surface area (Å²) in [5, 5.41) is 5.81. The number of sulfonamides is 1. The van der Waals surface area contributed by atoms with E-state index in [1.54, 1.807) is 6.07 Å². The lowest BCUT2D eigenvalue weighted by molar-refractivity contribution is -0.120. The second-order valence-corrected chi connectivity index (χ2v) is 10.0. The molecule has 0 heterocycles. The van der Waals surface area contributed by atoms with E-state index in [0.29, 0.717) is 5.69 Å². The summed E-state index contributed by atoms with van der Waals surface area (Å²) in [7, 11) is -2.64. The summed E-state index contributed by atoms with van der Waals surface area (Å²) >= 11 is 11.8. The maximum absolute atomic E-state index is 12.9. The standard InChI is InChI=1S/C24H23Cl2N3O5S/c1-15(30)27-21(16-6-4-3-5-7-16)14-24(31)28-17-8-11-23(34-2)22(12-17)29-35(32,33)18-9-10-19(25)20(26)13-18/h3-13,21,29H,14H2,1-2H3,(H,27,30)(H,28,31)/t21-/m0/s1. The molecule has 0 aromatic heterocycles. The summed E-state index contributed by atoms with van der Waals surface area (Å²) in [6.45, 7) is 1.38. The first kappa shape index (κ1) is 26.3. The Balaban J connectivity index is 1.80. The van der Waals surface area contributed by atoms with Crippen molar-refractivity contribution in [3.8, 4) is 5.75 Å². The normalized spacial score (nSPS) is 11.9. The molecule has 2 amide bonds. The zero-order valence-electron chi connectivity index (χ0n) is 18.8. The van der Waals surface area contributed by atoms with Crippen LogP contribution in [0.1, 0.15) is 24.9 Å². The van der Waals surface area contributed by atoms with Crippen LogP contribution in [-0.4, -0.2) is 27.3 Å². The van der Waals surface area contributed by atoms with Crippen LogP contribution in [0.4, 0.5) is 11.4 Å². The molecule has 0 spiro atoms. The van der Waals surface area contributed by atoms with Gasteiger partial charge in [-0.3, -0.25) is 14.3 Å². The molecule has 0 bridgehead atoms. The minimum atomic E-state index is -4.03. The minimum Gasteiger partial charge on any atom is -0.495 e. The second-order valence-electron chi connectivity index (χ2n) is 7.51. The Kier molecular flexibility index (Phi) is 8.61. The fraction of sp³-hybridized carbons (Fsp3) is 0.167. The van der Waals surface area contributed by atoms with Crippen molar-refractivity contribution in [2.24, 2.45) is 0 Å². The smallest absolute Gasteiger partial charge is 0.262 e. The van der Waals surface area contributed by atoms with Gasteiger partial charge in [0.2, 0.25) is 11.8 Å². The molecule has 0 saturated carbocycles. The number of methoxy groups -OCH3 is 1. The van der Waals surface area contributed by atoms with Gasteiger partial charge in [0, 0.05) is 12.6 Å². The predicted molar refractivity (Wildman–Crippen MR) is 137 cm³/mol. The van der Waals surface area contributed by atoms with Gasteiger partial charge in [-0.15, -0.1) is 0 Å². The molecule has 0 aliphatic carbocycles. The number of halogens is 2. The third kappa shape index (κ3) is 7.11. The topological polar surface area (TPSA) is 114 Å². The second kappa shape index (κ2) is 11.4. The molecule has 0 aliphatic heterocycles. The van der Waals surface area contributed by atoms with Crippen molar-refractivity contribution < 1.29 is 22.7 Å². The van der Waals surface area contributed by atoms with Crippen LogP contribution >= 0.6 is 23.2 Å². The fourth-order valence-electron chi connectivity index (χ4n) is 3.29. The van der Waals surface area contributed by atoms with Crippen molar-refractivity contribution in [1.29, 1.82) is 0 Å². The van der Waals surface area contributed by atoms with Crippen LogP contribution in [0.15, 0.2) is 71.6 Å². The molecule has 3 aromatic carbocycles. The molecule has 0 radical (unpaired) electrons. The lowest BCUT2D eigenvalue weighted by atomic mass is 10.0. The van der Waals surface area contributed by atoms with Gasteiger partial charge in [-0.05, 0) is 42.0 Å². The SMILES string of the molecule is COc1ccc(NC(=O)C[C@H](NC(C)=O)c2ccccc2)cc1NS(=O)(=O)c1ccc(Cl)c(Cl)c1. The van der Waals surface area contributed by atoms with Crippen molar-refractivity contribution in [2.75, 3.05) is 17.1 Å². The molecule has 3 aromatic rings. The van der Waals surface area contributed by atoms with Crippen molar-refractivity contribution in [1.82, 2.24) is 5.32 Å². The highest BCUT2D eigenvalue weighted by atomic mass is 35.5. The van der Waals surface area contributed by atoms with Gasteiger partial charge in [0.15, 0.2) is 0 Å². The third-order valence-electron chi connectivity index (χ3n) is 4.90. The summed E-state index contributed by atoms with van der Waals surface area (Å²) in [6, 6.07) is 17.0. The Labute approximate surface area is 213 Å². The average Bonchev–Trinajstić information content (AvgIpc) is 2.80. The van der Waals surface area contributed by atoms with Gasteiger partial charge >= 0.3 is 0 Å². The molecule has 1 atom stereocenters. The number of ether oxygens (including phenoxy) is 1. The number of nitrogens with one attached hydrogen (secondary N) is 3. The van der Waals surface area contributed by atoms with Crippen molar-refractivity contribution in [2.45, 2.75) is 24.3 Å². The molecule has 3 N–H and O–H groups in total. The van der Waals surface area contributed by atoms with Crippen molar-refractivity contribution >= 4 is 56.4 Å². The number of benzene rings is 3. The van der Waals surface area contributed by atoms with Gasteiger partial charge in [0.1, 0.15) is 5.75 Å². The number of amides is 2. The van der Waals surface area contributed by atoms with E-state index in [4.69, 9.17) is 27.9 Å². The Hall–Kier alpha value is -3.27. The first-order valence-corrected chi connectivity index (χ1v) is 12.6. The van der Waals surface area contributed by atoms with Crippen LogP contribution in [0.25, 0.3) is 0 Å². The van der Waals surface area contributed by atoms with Gasteiger partial charge in [0.25, 0.3) is 10.0 Å². The Morgan fingerprint density at radius 3 is 2.31 bits per heavy atom. The summed E-state index contributed by atoms with van der Waals surface area (Å²) < 4.78 is 33.5. The zero-order valence-corrected chi connectivity index (χ0v) is 21.2. The van der Waals surface area contributed by atoms with E-state index in [1.165, 1.54) is 44.4 Å². The van der Waals surface area contributed by atoms with Gasteiger partial charge in [-0.1, -0.05) is 53.5 Å². The largest absolute Gasteiger partial charge is 0.495 e. The van der Waals surface area contributed by atoms with Crippen LogP contribution in [0, 0.1) is 0 Å². The lowest BCUT2D eigenvalue weighted by Crippen LogP contribution is -2.29. The van der Waals surface area contributed by atoms with E-state index in [9.17, 15) is 18.0 Å². The van der Waals surface area contributed by atoms with Gasteiger partial charge in [-0.25, -0.2) is 8.42 Å². The summed E-state index contributed by atoms with van der Waals surface area (Å²) in [4.78, 5) is 24.3. The Morgan fingerprint density at radius 1 is 0.971 bits per heavy atom. The molecule has 0 unspecified atom stereocenters. The molecule has 3 rings (SSSR count). The third-order valence-corrected chi connectivity index (χ3v) is 7.00. The molecular weight excluding hydrogens is 513 g/mol. The Bertz CT molecular complexity index is 1330. The number of carbonyl (C=O) groups is 2. The summed E-state index contributed by atoms with van der Waals surface area (Å²) in [5.41, 5.74) is 1.22. The van der Waals surface area contributed by atoms with E-state index in [-0.39, 0.29) is 44.6 Å². The number of hydrogen-bond acceptors (Lipinski definition) is 5. The number of hydrogen-bond donors (Lipinski definition) is 3. The fourth-order valence-corrected chi connectivity index (χ4v) is 4.74. The summed E-state index contributed by atoms with van der Waals surface area (Å²) in [6.07, 6.45) is -0.0278. The van der Waals surface area contributed by atoms with E-state index in [0.717, 1.165) is 5.56 Å².